The Labute approximate surface area is 136 Å². The third-order valence-electron chi connectivity index (χ3n) is 3.73. The smallest absolute Gasteiger partial charge is 0.410 e. The van der Waals surface area contributed by atoms with E-state index in [2.05, 4.69) is 5.32 Å². The van der Waals surface area contributed by atoms with Gasteiger partial charge in [-0.25, -0.2) is 4.79 Å². The van der Waals surface area contributed by atoms with Gasteiger partial charge < -0.3 is 20.7 Å². The number of rotatable bonds is 5. The predicted octanol–water partition coefficient (Wildman–Crippen LogP) is 3.07. The van der Waals surface area contributed by atoms with Crippen LogP contribution in [0.1, 0.15) is 38.5 Å². The molecule has 1 aromatic heterocycles. The van der Waals surface area contributed by atoms with Gasteiger partial charge in [0.05, 0.1) is 0 Å². The maximum atomic E-state index is 12.0. The van der Waals surface area contributed by atoms with E-state index in [4.69, 9.17) is 10.5 Å². The fourth-order valence-electron chi connectivity index (χ4n) is 2.56. The van der Waals surface area contributed by atoms with Crippen LogP contribution in [0.5, 0.6) is 0 Å². The van der Waals surface area contributed by atoms with E-state index < -0.39 is 5.60 Å². The van der Waals surface area contributed by atoms with Crippen LogP contribution < -0.4 is 11.1 Å². The van der Waals surface area contributed by atoms with Gasteiger partial charge in [0.15, 0.2) is 0 Å². The van der Waals surface area contributed by atoms with E-state index in [0.29, 0.717) is 5.92 Å². The summed E-state index contributed by atoms with van der Waals surface area (Å²) < 4.78 is 5.42. The molecule has 2 heterocycles. The van der Waals surface area contributed by atoms with Crippen LogP contribution in [0.25, 0.3) is 0 Å². The highest BCUT2D eigenvalue weighted by molar-refractivity contribution is 7.10. The Morgan fingerprint density at radius 1 is 1.55 bits per heavy atom. The lowest BCUT2D eigenvalue weighted by atomic mass is 10.1. The van der Waals surface area contributed by atoms with Crippen LogP contribution in [-0.4, -0.2) is 36.2 Å². The molecule has 0 radical (unpaired) electrons. The summed E-state index contributed by atoms with van der Waals surface area (Å²) in [5.74, 6) is 0.556. The lowest BCUT2D eigenvalue weighted by Crippen LogP contribution is -2.35. The molecule has 1 atom stereocenters. The minimum atomic E-state index is -0.419. The van der Waals surface area contributed by atoms with Crippen LogP contribution >= 0.6 is 11.3 Å². The van der Waals surface area contributed by atoms with E-state index in [1.807, 2.05) is 37.1 Å². The first kappa shape index (κ1) is 17.1. The molecule has 0 aliphatic carbocycles. The number of nitrogens with one attached hydrogen (secondary N) is 1. The average molecular weight is 325 g/mol. The number of hydrogen-bond donors (Lipinski definition) is 2. The number of amides is 1. The predicted molar refractivity (Wildman–Crippen MR) is 91.0 cm³/mol. The second kappa shape index (κ2) is 7.33. The Kier molecular flexibility index (Phi) is 5.69. The number of likely N-dealkylation sites (tertiary alicyclic amines) is 1. The molecule has 1 fully saturated rings. The maximum absolute atomic E-state index is 12.0. The van der Waals surface area contributed by atoms with E-state index in [0.717, 1.165) is 44.7 Å². The first-order valence-corrected chi connectivity index (χ1v) is 8.73. The third-order valence-corrected chi connectivity index (χ3v) is 4.67. The van der Waals surface area contributed by atoms with Gasteiger partial charge in [-0.15, -0.1) is 11.3 Å². The second-order valence-corrected chi connectivity index (χ2v) is 7.85. The second-order valence-electron chi connectivity index (χ2n) is 6.85. The lowest BCUT2D eigenvalue weighted by molar-refractivity contribution is 0.0287. The van der Waals surface area contributed by atoms with Crippen LogP contribution in [0.2, 0.25) is 0 Å². The largest absolute Gasteiger partial charge is 0.444 e. The van der Waals surface area contributed by atoms with Crippen LogP contribution in [0.15, 0.2) is 11.4 Å². The minimum Gasteiger partial charge on any atom is -0.444 e. The maximum Gasteiger partial charge on any atom is 0.410 e. The first-order chi connectivity index (χ1) is 10.3. The molecule has 1 aliphatic heterocycles. The molecular formula is C16H27N3O2S. The summed E-state index contributed by atoms with van der Waals surface area (Å²) in [4.78, 5) is 15.0. The molecule has 6 heteroatoms. The van der Waals surface area contributed by atoms with Crippen molar-refractivity contribution in [1.82, 2.24) is 10.2 Å². The van der Waals surface area contributed by atoms with Gasteiger partial charge >= 0.3 is 6.09 Å². The van der Waals surface area contributed by atoms with Crippen molar-refractivity contribution in [2.75, 3.05) is 25.4 Å². The molecule has 3 N–H and O–H groups in total. The summed E-state index contributed by atoms with van der Waals surface area (Å²) in [5, 5.41) is 5.45. The average Bonchev–Trinajstić information content (AvgIpc) is 3.02. The zero-order chi connectivity index (χ0) is 16.2. The minimum absolute atomic E-state index is 0.186. The SMILES string of the molecule is CC(C)(C)OC(=O)N1CCC(CCNCc2sccc2N)C1. The third kappa shape index (κ3) is 5.18. The Balaban J connectivity index is 1.64. The Hall–Kier alpha value is -1.27. The van der Waals surface area contributed by atoms with Crippen molar-refractivity contribution in [1.29, 1.82) is 0 Å². The topological polar surface area (TPSA) is 67.6 Å². The van der Waals surface area contributed by atoms with Crippen molar-refractivity contribution >= 4 is 23.1 Å². The van der Waals surface area contributed by atoms with Gasteiger partial charge in [0.1, 0.15) is 5.60 Å². The van der Waals surface area contributed by atoms with Gasteiger partial charge in [-0.1, -0.05) is 0 Å². The number of nitrogen functional groups attached to an aromatic ring is 1. The van der Waals surface area contributed by atoms with Gasteiger partial charge in [0.25, 0.3) is 0 Å². The number of hydrogen-bond acceptors (Lipinski definition) is 5. The molecule has 1 aromatic rings. The molecular weight excluding hydrogens is 298 g/mol. The van der Waals surface area contributed by atoms with Crippen molar-refractivity contribution in [3.8, 4) is 0 Å². The zero-order valence-corrected chi connectivity index (χ0v) is 14.5. The van der Waals surface area contributed by atoms with Gasteiger partial charge in [-0.05, 0) is 57.5 Å². The van der Waals surface area contributed by atoms with Crippen molar-refractivity contribution in [3.63, 3.8) is 0 Å². The molecule has 0 saturated carbocycles. The molecule has 1 saturated heterocycles. The number of nitrogens with two attached hydrogens (primary N) is 1. The van der Waals surface area contributed by atoms with Crippen molar-refractivity contribution < 1.29 is 9.53 Å². The summed E-state index contributed by atoms with van der Waals surface area (Å²) >= 11 is 1.68. The van der Waals surface area contributed by atoms with Gasteiger partial charge in [-0.3, -0.25) is 0 Å². The van der Waals surface area contributed by atoms with E-state index in [1.165, 1.54) is 4.88 Å². The fraction of sp³-hybridized carbons (Fsp3) is 0.688. The number of carbonyl (C=O) groups excluding carboxylic acids is 1. The van der Waals surface area contributed by atoms with Crippen molar-refractivity contribution in [2.24, 2.45) is 5.92 Å². The van der Waals surface area contributed by atoms with Crippen LogP contribution in [0, 0.1) is 5.92 Å². The summed E-state index contributed by atoms with van der Waals surface area (Å²) in [6.07, 6.45) is 1.95. The van der Waals surface area contributed by atoms with E-state index >= 15 is 0 Å². The Bertz CT molecular complexity index is 496. The molecule has 124 valence electrons. The highest BCUT2D eigenvalue weighted by Gasteiger charge is 2.29. The summed E-state index contributed by atoms with van der Waals surface area (Å²) in [5.41, 5.74) is 6.31. The van der Waals surface area contributed by atoms with Gasteiger partial charge in [0, 0.05) is 30.2 Å². The van der Waals surface area contributed by atoms with Crippen LogP contribution in [0.4, 0.5) is 10.5 Å². The highest BCUT2D eigenvalue weighted by Crippen LogP contribution is 2.22. The number of ether oxygens (including phenoxy) is 1. The molecule has 22 heavy (non-hydrogen) atoms. The first-order valence-electron chi connectivity index (χ1n) is 7.85. The van der Waals surface area contributed by atoms with Gasteiger partial charge in [-0.2, -0.15) is 0 Å². The molecule has 0 spiro atoms. The zero-order valence-electron chi connectivity index (χ0n) is 13.7. The molecule has 1 aliphatic rings. The number of anilines is 1. The van der Waals surface area contributed by atoms with Gasteiger partial charge in [0.2, 0.25) is 0 Å². The fourth-order valence-corrected chi connectivity index (χ4v) is 3.33. The quantitative estimate of drug-likeness (QED) is 0.817. The molecule has 1 unspecified atom stereocenters. The van der Waals surface area contributed by atoms with E-state index in [1.54, 1.807) is 11.3 Å². The molecule has 0 bridgehead atoms. The van der Waals surface area contributed by atoms with Crippen molar-refractivity contribution in [2.45, 2.75) is 45.8 Å². The highest BCUT2D eigenvalue weighted by atomic mass is 32.1. The summed E-state index contributed by atoms with van der Waals surface area (Å²) in [7, 11) is 0. The normalized spacial score (nSPS) is 18.7. The van der Waals surface area contributed by atoms with E-state index in [-0.39, 0.29) is 6.09 Å². The van der Waals surface area contributed by atoms with Crippen LogP contribution in [-0.2, 0) is 11.3 Å². The summed E-state index contributed by atoms with van der Waals surface area (Å²) in [6.45, 7) is 9.08. The molecule has 2 rings (SSSR count). The number of carbonyl (C=O) groups is 1. The number of thiophene rings is 1. The standard InChI is InChI=1S/C16H27N3O2S/c1-16(2,3)21-15(20)19-8-5-12(11-19)4-7-18-10-14-13(17)6-9-22-14/h6,9,12,18H,4-5,7-8,10-11,17H2,1-3H3. The van der Waals surface area contributed by atoms with E-state index in [9.17, 15) is 4.79 Å². The van der Waals surface area contributed by atoms with Crippen molar-refractivity contribution in [3.05, 3.63) is 16.3 Å². The molecule has 5 nitrogen and oxygen atoms in total. The monoisotopic (exact) mass is 325 g/mol. The molecule has 0 aromatic carbocycles. The Morgan fingerprint density at radius 2 is 2.32 bits per heavy atom. The van der Waals surface area contributed by atoms with Crippen LogP contribution in [0.3, 0.4) is 0 Å². The molecule has 1 amide bonds. The Morgan fingerprint density at radius 3 is 2.95 bits per heavy atom. The summed E-state index contributed by atoms with van der Waals surface area (Å²) in [6, 6.07) is 1.94. The number of nitrogens with zero attached hydrogens (tertiary/aromatic N) is 1. The lowest BCUT2D eigenvalue weighted by Gasteiger charge is -2.24.